The molecule has 3 aromatic rings. The van der Waals surface area contributed by atoms with Crippen LogP contribution in [0.2, 0.25) is 0 Å². The zero-order valence-electron chi connectivity index (χ0n) is 20.5. The Balaban J connectivity index is 1.56. The fourth-order valence-corrected chi connectivity index (χ4v) is 5.26. The highest BCUT2D eigenvalue weighted by molar-refractivity contribution is 5.78. The molecule has 1 heterocycles. The Hall–Kier alpha value is -3.15. The van der Waals surface area contributed by atoms with Gasteiger partial charge in [0.15, 0.2) is 0 Å². The van der Waals surface area contributed by atoms with Crippen molar-refractivity contribution in [2.24, 2.45) is 0 Å². The number of fused-ring (bicyclic) bond motifs is 1. The van der Waals surface area contributed by atoms with Crippen molar-refractivity contribution < 1.29 is 4.79 Å². The SMILES string of the molecule is Cc1cc(C)c(Cn2c(=O)n(CCCCC(=O)NC3CCCC3)c(=O)c3ccccc32)c(C)c1. The zero-order valence-corrected chi connectivity index (χ0v) is 20.5. The van der Waals surface area contributed by atoms with Gasteiger partial charge in [-0.05, 0) is 75.3 Å². The molecule has 1 saturated carbocycles. The van der Waals surface area contributed by atoms with Crippen molar-refractivity contribution >= 4 is 16.8 Å². The molecule has 4 rings (SSSR count). The van der Waals surface area contributed by atoms with Crippen LogP contribution in [0.1, 0.15) is 67.2 Å². The van der Waals surface area contributed by atoms with E-state index in [1.807, 2.05) is 18.2 Å². The van der Waals surface area contributed by atoms with Crippen LogP contribution in [0.3, 0.4) is 0 Å². The van der Waals surface area contributed by atoms with Gasteiger partial charge in [-0.15, -0.1) is 0 Å². The number of carbonyl (C=O) groups is 1. The number of benzene rings is 2. The van der Waals surface area contributed by atoms with Crippen LogP contribution in [0, 0.1) is 20.8 Å². The summed E-state index contributed by atoms with van der Waals surface area (Å²) in [6.45, 7) is 6.93. The van der Waals surface area contributed by atoms with Crippen molar-refractivity contribution in [3.8, 4) is 0 Å². The standard InChI is InChI=1S/C28H35N3O3/c1-19-16-20(2)24(21(3)17-19)18-31-25-13-7-6-12-23(25)27(33)30(28(31)34)15-9-8-14-26(32)29-22-10-4-5-11-22/h6-7,12-13,16-17,22H,4-5,8-11,14-15,18H2,1-3H3,(H,29,32). The molecule has 0 saturated heterocycles. The lowest BCUT2D eigenvalue weighted by molar-refractivity contribution is -0.121. The quantitative estimate of drug-likeness (QED) is 0.507. The lowest BCUT2D eigenvalue weighted by Gasteiger charge is -2.17. The Kier molecular flexibility index (Phi) is 7.35. The normalized spacial score (nSPS) is 14.1. The average molecular weight is 462 g/mol. The molecule has 0 aliphatic heterocycles. The molecule has 2 aromatic carbocycles. The molecular weight excluding hydrogens is 426 g/mol. The van der Waals surface area contributed by atoms with E-state index < -0.39 is 0 Å². The maximum Gasteiger partial charge on any atom is 0.331 e. The third kappa shape index (κ3) is 5.16. The van der Waals surface area contributed by atoms with Gasteiger partial charge in [0.05, 0.1) is 17.4 Å². The van der Waals surface area contributed by atoms with Gasteiger partial charge in [0.25, 0.3) is 5.56 Å². The second kappa shape index (κ2) is 10.4. The lowest BCUT2D eigenvalue weighted by Crippen LogP contribution is -2.40. The van der Waals surface area contributed by atoms with Crippen molar-refractivity contribution in [3.05, 3.63) is 79.5 Å². The van der Waals surface area contributed by atoms with E-state index in [0.717, 1.165) is 29.5 Å². The van der Waals surface area contributed by atoms with Crippen LogP contribution in [0.25, 0.3) is 10.9 Å². The highest BCUT2D eigenvalue weighted by Crippen LogP contribution is 2.19. The Labute approximate surface area is 200 Å². The molecule has 0 atom stereocenters. The molecule has 1 amide bonds. The predicted octanol–water partition coefficient (Wildman–Crippen LogP) is 4.37. The van der Waals surface area contributed by atoms with Crippen molar-refractivity contribution in [2.75, 3.05) is 0 Å². The summed E-state index contributed by atoms with van der Waals surface area (Å²) in [5, 5.41) is 3.65. The number of carbonyl (C=O) groups excluding carboxylic acids is 1. The first-order valence-electron chi connectivity index (χ1n) is 12.4. The molecule has 180 valence electrons. The third-order valence-electron chi connectivity index (χ3n) is 7.04. The van der Waals surface area contributed by atoms with Crippen molar-refractivity contribution in [2.45, 2.75) is 84.8 Å². The number of para-hydroxylation sites is 1. The average Bonchev–Trinajstić information content (AvgIpc) is 3.30. The minimum Gasteiger partial charge on any atom is -0.353 e. The highest BCUT2D eigenvalue weighted by Gasteiger charge is 2.17. The number of hydrogen-bond acceptors (Lipinski definition) is 3. The number of aryl methyl sites for hydroxylation is 3. The smallest absolute Gasteiger partial charge is 0.331 e. The van der Waals surface area contributed by atoms with Gasteiger partial charge in [0.1, 0.15) is 0 Å². The molecule has 1 aliphatic rings. The van der Waals surface area contributed by atoms with Gasteiger partial charge < -0.3 is 5.32 Å². The van der Waals surface area contributed by atoms with Gasteiger partial charge >= 0.3 is 5.69 Å². The Morgan fingerprint density at radius 2 is 1.65 bits per heavy atom. The highest BCUT2D eigenvalue weighted by atomic mass is 16.2. The molecule has 0 bridgehead atoms. The van der Waals surface area contributed by atoms with Crippen molar-refractivity contribution in [1.82, 2.24) is 14.5 Å². The van der Waals surface area contributed by atoms with E-state index in [2.05, 4.69) is 38.2 Å². The van der Waals surface area contributed by atoms with Gasteiger partial charge in [0, 0.05) is 19.0 Å². The topological polar surface area (TPSA) is 73.1 Å². The Morgan fingerprint density at radius 3 is 2.35 bits per heavy atom. The second-order valence-corrected chi connectivity index (χ2v) is 9.73. The third-order valence-corrected chi connectivity index (χ3v) is 7.04. The number of unbranched alkanes of at least 4 members (excludes halogenated alkanes) is 1. The molecule has 1 aromatic heterocycles. The Bertz CT molecular complexity index is 1290. The molecule has 0 radical (unpaired) electrons. The number of rotatable bonds is 8. The fourth-order valence-electron chi connectivity index (χ4n) is 5.26. The van der Waals surface area contributed by atoms with Gasteiger partial charge in [0.2, 0.25) is 5.91 Å². The number of aromatic nitrogens is 2. The van der Waals surface area contributed by atoms with E-state index >= 15 is 0 Å². The number of hydrogen-bond donors (Lipinski definition) is 1. The fraction of sp³-hybridized carbons (Fsp3) is 0.464. The minimum atomic E-state index is -0.293. The lowest BCUT2D eigenvalue weighted by atomic mass is 9.99. The summed E-state index contributed by atoms with van der Waals surface area (Å²) in [4.78, 5) is 38.9. The molecule has 1 N–H and O–H groups in total. The predicted molar refractivity (Wildman–Crippen MR) is 136 cm³/mol. The van der Waals surface area contributed by atoms with Gasteiger partial charge in [-0.2, -0.15) is 0 Å². The zero-order chi connectivity index (χ0) is 24.2. The second-order valence-electron chi connectivity index (χ2n) is 9.73. The summed E-state index contributed by atoms with van der Waals surface area (Å²) in [6, 6.07) is 11.9. The van der Waals surface area contributed by atoms with Crippen LogP contribution in [0.15, 0.2) is 46.0 Å². The largest absolute Gasteiger partial charge is 0.353 e. The van der Waals surface area contributed by atoms with E-state index in [-0.39, 0.29) is 17.2 Å². The van der Waals surface area contributed by atoms with E-state index in [1.54, 1.807) is 10.6 Å². The number of amides is 1. The maximum absolute atomic E-state index is 13.5. The van der Waals surface area contributed by atoms with E-state index in [4.69, 9.17) is 0 Å². The molecule has 6 heteroatoms. The molecule has 34 heavy (non-hydrogen) atoms. The van der Waals surface area contributed by atoms with E-state index in [0.29, 0.717) is 49.3 Å². The molecule has 0 spiro atoms. The van der Waals surface area contributed by atoms with Crippen LogP contribution in [0.5, 0.6) is 0 Å². The molecule has 6 nitrogen and oxygen atoms in total. The summed E-state index contributed by atoms with van der Waals surface area (Å²) >= 11 is 0. The van der Waals surface area contributed by atoms with Crippen molar-refractivity contribution in [1.29, 1.82) is 0 Å². The molecule has 1 fully saturated rings. The number of nitrogens with one attached hydrogen (secondary N) is 1. The van der Waals surface area contributed by atoms with Crippen molar-refractivity contribution in [3.63, 3.8) is 0 Å². The van der Waals surface area contributed by atoms with Gasteiger partial charge in [-0.3, -0.25) is 18.7 Å². The summed E-state index contributed by atoms with van der Waals surface area (Å²) in [7, 11) is 0. The van der Waals surface area contributed by atoms with Crippen LogP contribution >= 0.6 is 0 Å². The minimum absolute atomic E-state index is 0.0699. The molecule has 1 aliphatic carbocycles. The Morgan fingerprint density at radius 1 is 0.971 bits per heavy atom. The van der Waals surface area contributed by atoms with Crippen LogP contribution in [0.4, 0.5) is 0 Å². The van der Waals surface area contributed by atoms with E-state index in [1.165, 1.54) is 23.0 Å². The molecular formula is C28H35N3O3. The summed E-state index contributed by atoms with van der Waals surface area (Å²) < 4.78 is 3.06. The van der Waals surface area contributed by atoms with Gasteiger partial charge in [-0.25, -0.2) is 4.79 Å². The summed E-state index contributed by atoms with van der Waals surface area (Å²) in [5.74, 6) is 0.0699. The maximum atomic E-state index is 13.5. The summed E-state index contributed by atoms with van der Waals surface area (Å²) in [6.07, 6.45) is 6.18. The van der Waals surface area contributed by atoms with Crippen LogP contribution in [-0.4, -0.2) is 21.1 Å². The van der Waals surface area contributed by atoms with Crippen LogP contribution in [-0.2, 0) is 17.9 Å². The summed E-state index contributed by atoms with van der Waals surface area (Å²) in [5.41, 5.74) is 4.68. The monoisotopic (exact) mass is 461 g/mol. The first kappa shape index (κ1) is 24.0. The van der Waals surface area contributed by atoms with Crippen LogP contribution < -0.4 is 16.6 Å². The first-order valence-corrected chi connectivity index (χ1v) is 12.4. The first-order chi connectivity index (χ1) is 16.3. The van der Waals surface area contributed by atoms with Gasteiger partial charge in [-0.1, -0.05) is 42.7 Å². The molecule has 0 unspecified atom stereocenters. The number of nitrogens with zero attached hydrogens (tertiary/aromatic N) is 2. The van der Waals surface area contributed by atoms with E-state index in [9.17, 15) is 14.4 Å².